The molecule has 1 aromatic carbocycles. The first kappa shape index (κ1) is 16.3. The molecule has 1 aliphatic heterocycles. The second kappa shape index (κ2) is 6.90. The summed E-state index contributed by atoms with van der Waals surface area (Å²) in [6, 6.07) is 13.0. The molecule has 2 heterocycles. The monoisotopic (exact) mass is 313 g/mol. The molecule has 1 aliphatic rings. The second-order valence-corrected chi connectivity index (χ2v) is 6.65. The van der Waals surface area contributed by atoms with Gasteiger partial charge in [0.05, 0.1) is 13.2 Å². The lowest BCUT2D eigenvalue weighted by Crippen LogP contribution is -2.25. The highest BCUT2D eigenvalue weighted by atomic mass is 16.7. The van der Waals surface area contributed by atoms with Crippen LogP contribution >= 0.6 is 0 Å². The number of aromatic nitrogens is 1. The van der Waals surface area contributed by atoms with E-state index >= 15 is 0 Å². The maximum Gasteiger partial charge on any atom is 0.165 e. The topological polar surface area (TPSA) is 23.4 Å². The van der Waals surface area contributed by atoms with E-state index in [9.17, 15) is 0 Å². The number of hydrogen-bond donors (Lipinski definition) is 0. The molecule has 0 amide bonds. The first-order valence-electron chi connectivity index (χ1n) is 8.55. The van der Waals surface area contributed by atoms with Crippen LogP contribution in [-0.4, -0.2) is 23.6 Å². The predicted molar refractivity (Wildman–Crippen MR) is 92.7 cm³/mol. The van der Waals surface area contributed by atoms with Gasteiger partial charge in [0, 0.05) is 24.4 Å². The minimum absolute atomic E-state index is 0.366. The minimum atomic E-state index is -0.366. The lowest BCUT2D eigenvalue weighted by Gasteiger charge is -2.21. The zero-order chi connectivity index (χ0) is 16.3. The van der Waals surface area contributed by atoms with Crippen molar-refractivity contribution in [2.75, 3.05) is 13.2 Å². The summed E-state index contributed by atoms with van der Waals surface area (Å²) < 4.78 is 13.8. The molecule has 0 bridgehead atoms. The molecule has 0 radical (unpaired) electrons. The third-order valence-corrected chi connectivity index (χ3v) is 4.84. The van der Waals surface area contributed by atoms with Gasteiger partial charge >= 0.3 is 0 Å². The van der Waals surface area contributed by atoms with Gasteiger partial charge in [-0.3, -0.25) is 0 Å². The zero-order valence-corrected chi connectivity index (χ0v) is 14.5. The third-order valence-electron chi connectivity index (χ3n) is 4.84. The maximum absolute atomic E-state index is 5.69. The molecule has 124 valence electrons. The Labute approximate surface area is 139 Å². The van der Waals surface area contributed by atoms with Crippen molar-refractivity contribution in [3.05, 3.63) is 58.9 Å². The van der Waals surface area contributed by atoms with Gasteiger partial charge in [-0.1, -0.05) is 30.3 Å². The van der Waals surface area contributed by atoms with Crippen LogP contribution in [0.25, 0.3) is 0 Å². The zero-order valence-electron chi connectivity index (χ0n) is 14.5. The normalized spacial score (nSPS) is 16.8. The molecule has 0 atom stereocenters. The van der Waals surface area contributed by atoms with Crippen molar-refractivity contribution in [2.24, 2.45) is 0 Å². The first-order chi connectivity index (χ1) is 11.1. The van der Waals surface area contributed by atoms with E-state index in [1.807, 2.05) is 0 Å². The van der Waals surface area contributed by atoms with Crippen molar-refractivity contribution in [1.29, 1.82) is 0 Å². The third kappa shape index (κ3) is 3.85. The highest BCUT2D eigenvalue weighted by molar-refractivity contribution is 5.28. The van der Waals surface area contributed by atoms with E-state index in [0.717, 1.165) is 39.0 Å². The molecular weight excluding hydrogens is 286 g/mol. The molecule has 0 N–H and O–H groups in total. The fourth-order valence-corrected chi connectivity index (χ4v) is 3.44. The van der Waals surface area contributed by atoms with Gasteiger partial charge in [-0.05, 0) is 50.8 Å². The average Bonchev–Trinajstić information content (AvgIpc) is 3.08. The molecule has 0 spiro atoms. The first-order valence-corrected chi connectivity index (χ1v) is 8.55. The van der Waals surface area contributed by atoms with Gasteiger partial charge in [0.25, 0.3) is 0 Å². The number of benzene rings is 1. The van der Waals surface area contributed by atoms with Gasteiger partial charge in [-0.15, -0.1) is 0 Å². The quantitative estimate of drug-likeness (QED) is 0.796. The Balaban J connectivity index is 1.63. The summed E-state index contributed by atoms with van der Waals surface area (Å²) in [4.78, 5) is 0. The number of aryl methyl sites for hydroxylation is 2. The van der Waals surface area contributed by atoms with Crippen LogP contribution < -0.4 is 0 Å². The molecule has 1 saturated heterocycles. The van der Waals surface area contributed by atoms with E-state index in [4.69, 9.17) is 9.47 Å². The highest BCUT2D eigenvalue weighted by Crippen LogP contribution is 2.26. The van der Waals surface area contributed by atoms with Crippen LogP contribution in [0.4, 0.5) is 0 Å². The van der Waals surface area contributed by atoms with E-state index in [2.05, 4.69) is 61.7 Å². The van der Waals surface area contributed by atoms with Crippen molar-refractivity contribution >= 4 is 0 Å². The lowest BCUT2D eigenvalue weighted by atomic mass is 10.1. The Morgan fingerprint density at radius 2 is 1.78 bits per heavy atom. The van der Waals surface area contributed by atoms with Crippen molar-refractivity contribution in [3.63, 3.8) is 0 Å². The van der Waals surface area contributed by atoms with Crippen LogP contribution in [0.3, 0.4) is 0 Å². The number of rotatable bonds is 6. The number of ether oxygens (including phenoxy) is 2. The molecule has 3 heteroatoms. The smallest absolute Gasteiger partial charge is 0.165 e. The van der Waals surface area contributed by atoms with E-state index in [-0.39, 0.29) is 5.79 Å². The lowest BCUT2D eigenvalue weighted by molar-refractivity contribution is -0.147. The van der Waals surface area contributed by atoms with Gasteiger partial charge in [0.15, 0.2) is 5.79 Å². The van der Waals surface area contributed by atoms with Crippen molar-refractivity contribution < 1.29 is 9.47 Å². The van der Waals surface area contributed by atoms with Crippen LogP contribution in [-0.2, 0) is 22.4 Å². The van der Waals surface area contributed by atoms with Crippen LogP contribution in [0.2, 0.25) is 0 Å². The van der Waals surface area contributed by atoms with Gasteiger partial charge < -0.3 is 14.0 Å². The van der Waals surface area contributed by atoms with Crippen molar-refractivity contribution in [1.82, 2.24) is 4.57 Å². The van der Waals surface area contributed by atoms with Crippen LogP contribution in [0, 0.1) is 13.8 Å². The second-order valence-electron chi connectivity index (χ2n) is 6.65. The molecule has 0 aliphatic carbocycles. The van der Waals surface area contributed by atoms with E-state index in [1.165, 1.54) is 22.5 Å². The van der Waals surface area contributed by atoms with Gasteiger partial charge in [0.2, 0.25) is 0 Å². The summed E-state index contributed by atoms with van der Waals surface area (Å²) in [5.74, 6) is -0.366. The number of nitrogens with zero attached hydrogens (tertiary/aromatic N) is 1. The summed E-state index contributed by atoms with van der Waals surface area (Å²) in [6.45, 7) is 8.88. The van der Waals surface area contributed by atoms with Crippen molar-refractivity contribution in [2.45, 2.75) is 52.4 Å². The molecule has 3 nitrogen and oxygen atoms in total. The standard InChI is InChI=1S/C20H27NO2/c1-16-14-19(10-7-11-20(3)22-12-13-23-20)17(2)21(16)15-18-8-5-4-6-9-18/h4-6,8-9,14H,7,10-13,15H2,1-3H3. The molecular formula is C20H27NO2. The largest absolute Gasteiger partial charge is 0.348 e. The molecule has 3 rings (SSSR count). The van der Waals surface area contributed by atoms with Crippen molar-refractivity contribution in [3.8, 4) is 0 Å². The molecule has 1 aromatic heterocycles. The summed E-state index contributed by atoms with van der Waals surface area (Å²) in [6.07, 6.45) is 3.12. The average molecular weight is 313 g/mol. The van der Waals surface area contributed by atoms with E-state index in [1.54, 1.807) is 0 Å². The SMILES string of the molecule is Cc1cc(CCCC2(C)OCCO2)c(C)n1Cc1ccccc1. The summed E-state index contributed by atoms with van der Waals surface area (Å²) in [7, 11) is 0. The summed E-state index contributed by atoms with van der Waals surface area (Å²) in [5.41, 5.74) is 5.51. The highest BCUT2D eigenvalue weighted by Gasteiger charge is 2.30. The Kier molecular flexibility index (Phi) is 4.88. The van der Waals surface area contributed by atoms with Crippen LogP contribution in [0.1, 0.15) is 42.3 Å². The number of hydrogen-bond acceptors (Lipinski definition) is 2. The Hall–Kier alpha value is -1.58. The Morgan fingerprint density at radius 1 is 1.09 bits per heavy atom. The summed E-state index contributed by atoms with van der Waals surface area (Å²) >= 11 is 0. The minimum Gasteiger partial charge on any atom is -0.348 e. The van der Waals surface area contributed by atoms with Crippen LogP contribution in [0.5, 0.6) is 0 Å². The Bertz CT molecular complexity index is 639. The maximum atomic E-state index is 5.69. The molecule has 0 saturated carbocycles. The fraction of sp³-hybridized carbons (Fsp3) is 0.500. The van der Waals surface area contributed by atoms with Gasteiger partial charge in [-0.2, -0.15) is 0 Å². The molecule has 1 fully saturated rings. The van der Waals surface area contributed by atoms with Gasteiger partial charge in [0.1, 0.15) is 0 Å². The van der Waals surface area contributed by atoms with Gasteiger partial charge in [-0.25, -0.2) is 0 Å². The van der Waals surface area contributed by atoms with E-state index < -0.39 is 0 Å². The predicted octanol–water partition coefficient (Wildman–Crippen LogP) is 4.24. The fourth-order valence-electron chi connectivity index (χ4n) is 3.44. The van der Waals surface area contributed by atoms with Crippen LogP contribution in [0.15, 0.2) is 36.4 Å². The molecule has 0 unspecified atom stereocenters. The molecule has 2 aromatic rings. The van der Waals surface area contributed by atoms with E-state index in [0.29, 0.717) is 0 Å². The Morgan fingerprint density at radius 3 is 2.48 bits per heavy atom. The summed E-state index contributed by atoms with van der Waals surface area (Å²) in [5, 5.41) is 0. The molecule has 23 heavy (non-hydrogen) atoms.